The number of piperazine rings is 1. The molecule has 3 aromatic carbocycles. The quantitative estimate of drug-likeness (QED) is 0.194. The third-order valence-electron chi connectivity index (χ3n) is 7.49. The molecule has 10 heteroatoms. The molecule has 1 fully saturated rings. The van der Waals surface area contributed by atoms with Crippen molar-refractivity contribution in [1.29, 1.82) is 0 Å². The number of hydrogen-bond acceptors (Lipinski definition) is 8. The van der Waals surface area contributed by atoms with Crippen LogP contribution in [-0.4, -0.2) is 59.4 Å². The number of ether oxygens (including phenoxy) is 1. The van der Waals surface area contributed by atoms with Gasteiger partial charge >= 0.3 is 0 Å². The Hall–Kier alpha value is -4.96. The van der Waals surface area contributed by atoms with Gasteiger partial charge in [0, 0.05) is 68.1 Å². The summed E-state index contributed by atoms with van der Waals surface area (Å²) in [6.07, 6.45) is 2.63. The van der Waals surface area contributed by atoms with E-state index < -0.39 is 5.91 Å². The molecule has 0 spiro atoms. The van der Waals surface area contributed by atoms with Gasteiger partial charge in [-0.2, -0.15) is 4.98 Å². The zero-order valence-electron chi connectivity index (χ0n) is 25.7. The summed E-state index contributed by atoms with van der Waals surface area (Å²) >= 11 is 0. The number of amides is 2. The number of carbonyl (C=O) groups excluding carboxylic acids is 2. The highest BCUT2D eigenvalue weighted by molar-refractivity contribution is 6.06. The van der Waals surface area contributed by atoms with Crippen LogP contribution in [0.15, 0.2) is 72.9 Å². The fourth-order valence-corrected chi connectivity index (χ4v) is 5.24. The molecule has 1 aromatic heterocycles. The van der Waals surface area contributed by atoms with Crippen molar-refractivity contribution in [2.75, 3.05) is 53.6 Å². The molecular formula is C34H39N7O3. The van der Waals surface area contributed by atoms with Crippen molar-refractivity contribution in [3.63, 3.8) is 0 Å². The zero-order chi connectivity index (χ0) is 31.1. The predicted molar refractivity (Wildman–Crippen MR) is 175 cm³/mol. The van der Waals surface area contributed by atoms with Gasteiger partial charge in [0.2, 0.25) is 17.7 Å². The van der Waals surface area contributed by atoms with Crippen LogP contribution in [0.5, 0.6) is 11.6 Å². The molecule has 3 N–H and O–H groups in total. The first-order valence-corrected chi connectivity index (χ1v) is 14.9. The minimum absolute atomic E-state index is 0.0767. The lowest BCUT2D eigenvalue weighted by Gasteiger charge is -2.36. The molecule has 4 aromatic rings. The third kappa shape index (κ3) is 7.70. The van der Waals surface area contributed by atoms with Crippen molar-refractivity contribution in [3.05, 3.63) is 89.6 Å². The Morgan fingerprint density at radius 1 is 0.886 bits per heavy atom. The number of rotatable bonds is 10. The van der Waals surface area contributed by atoms with Crippen LogP contribution < -0.4 is 25.6 Å². The number of anilines is 5. The Kier molecular flexibility index (Phi) is 9.71. The summed E-state index contributed by atoms with van der Waals surface area (Å²) in [5.41, 5.74) is 5.32. The van der Waals surface area contributed by atoms with Crippen molar-refractivity contribution in [2.24, 2.45) is 0 Å². The highest BCUT2D eigenvalue weighted by Gasteiger charge is 2.20. The van der Waals surface area contributed by atoms with E-state index in [1.165, 1.54) is 25.2 Å². The molecule has 228 valence electrons. The molecule has 10 nitrogen and oxygen atoms in total. The van der Waals surface area contributed by atoms with Gasteiger partial charge in [-0.3, -0.25) is 14.5 Å². The smallest absolute Gasteiger partial charge is 0.262 e. The lowest BCUT2D eigenvalue weighted by atomic mass is 10.1. The highest BCUT2D eigenvalue weighted by Crippen LogP contribution is 2.29. The summed E-state index contributed by atoms with van der Waals surface area (Å²) in [7, 11) is 0. The van der Waals surface area contributed by atoms with Crippen LogP contribution in [0.25, 0.3) is 0 Å². The molecule has 1 aliphatic rings. The SMILES string of the molecule is CCCN1CCN(c2ccc(Nc3ncc(C(=O)Nc4c(C)cccc4C)c(Oc4cccc(NC(C)=O)c4)n3)cc2)CC1. The van der Waals surface area contributed by atoms with Gasteiger partial charge in [-0.25, -0.2) is 4.98 Å². The second-order valence-electron chi connectivity index (χ2n) is 10.9. The summed E-state index contributed by atoms with van der Waals surface area (Å²) in [6.45, 7) is 12.8. The van der Waals surface area contributed by atoms with E-state index in [2.05, 4.69) is 54.8 Å². The van der Waals surface area contributed by atoms with E-state index in [0.717, 1.165) is 55.2 Å². The van der Waals surface area contributed by atoms with Gasteiger partial charge in [-0.1, -0.05) is 31.2 Å². The maximum Gasteiger partial charge on any atom is 0.262 e. The van der Waals surface area contributed by atoms with E-state index in [0.29, 0.717) is 11.4 Å². The average molecular weight is 594 g/mol. The predicted octanol–water partition coefficient (Wildman–Crippen LogP) is 6.37. The van der Waals surface area contributed by atoms with Crippen LogP contribution in [0.3, 0.4) is 0 Å². The zero-order valence-corrected chi connectivity index (χ0v) is 25.7. The summed E-state index contributed by atoms with van der Waals surface area (Å²) in [5.74, 6) is 0.167. The van der Waals surface area contributed by atoms with Gasteiger partial charge in [-0.05, 0) is 74.3 Å². The largest absolute Gasteiger partial charge is 0.438 e. The molecule has 5 rings (SSSR count). The van der Waals surface area contributed by atoms with Gasteiger partial charge in [0.25, 0.3) is 5.91 Å². The first kappa shape index (κ1) is 30.5. The topological polar surface area (TPSA) is 112 Å². The second kappa shape index (κ2) is 14.0. The van der Waals surface area contributed by atoms with Gasteiger partial charge in [-0.15, -0.1) is 0 Å². The third-order valence-corrected chi connectivity index (χ3v) is 7.49. The summed E-state index contributed by atoms with van der Waals surface area (Å²) < 4.78 is 6.14. The molecule has 0 bridgehead atoms. The monoisotopic (exact) mass is 593 g/mol. The van der Waals surface area contributed by atoms with Crippen LogP contribution in [0.4, 0.5) is 28.7 Å². The van der Waals surface area contributed by atoms with E-state index >= 15 is 0 Å². The Labute approximate surface area is 258 Å². The van der Waals surface area contributed by atoms with Crippen molar-refractivity contribution in [1.82, 2.24) is 14.9 Å². The molecule has 1 aliphatic heterocycles. The van der Waals surface area contributed by atoms with Crippen molar-refractivity contribution in [2.45, 2.75) is 34.1 Å². The number of hydrogen-bond donors (Lipinski definition) is 3. The molecule has 2 amide bonds. The lowest BCUT2D eigenvalue weighted by molar-refractivity contribution is -0.114. The average Bonchev–Trinajstić information content (AvgIpc) is 3.00. The van der Waals surface area contributed by atoms with E-state index in [1.807, 2.05) is 44.2 Å². The summed E-state index contributed by atoms with van der Waals surface area (Å²) in [5, 5.41) is 8.97. The molecule has 0 atom stereocenters. The van der Waals surface area contributed by atoms with Crippen LogP contribution in [0.1, 0.15) is 41.8 Å². The van der Waals surface area contributed by atoms with Gasteiger partial charge in [0.15, 0.2) is 0 Å². The Morgan fingerprint density at radius 2 is 1.59 bits per heavy atom. The van der Waals surface area contributed by atoms with E-state index in [4.69, 9.17) is 4.74 Å². The molecule has 0 saturated carbocycles. The number of para-hydroxylation sites is 1. The molecule has 2 heterocycles. The fraction of sp³-hybridized carbons (Fsp3) is 0.294. The number of aryl methyl sites for hydroxylation is 2. The molecule has 44 heavy (non-hydrogen) atoms. The second-order valence-corrected chi connectivity index (χ2v) is 10.9. The number of nitrogens with zero attached hydrogens (tertiary/aromatic N) is 4. The van der Waals surface area contributed by atoms with Crippen LogP contribution in [-0.2, 0) is 4.79 Å². The first-order valence-electron chi connectivity index (χ1n) is 14.9. The minimum atomic E-state index is -0.398. The number of carbonyl (C=O) groups is 2. The fourth-order valence-electron chi connectivity index (χ4n) is 5.24. The van der Waals surface area contributed by atoms with Crippen molar-refractivity contribution < 1.29 is 14.3 Å². The minimum Gasteiger partial charge on any atom is -0.438 e. The lowest BCUT2D eigenvalue weighted by Crippen LogP contribution is -2.46. The Bertz CT molecular complexity index is 1600. The number of nitrogens with one attached hydrogen (secondary N) is 3. The van der Waals surface area contributed by atoms with Crippen LogP contribution >= 0.6 is 0 Å². The highest BCUT2D eigenvalue weighted by atomic mass is 16.5. The van der Waals surface area contributed by atoms with Crippen LogP contribution in [0.2, 0.25) is 0 Å². The van der Waals surface area contributed by atoms with Crippen LogP contribution in [0, 0.1) is 13.8 Å². The standard InChI is InChI=1S/C34H39N7O3/c1-5-16-40-17-19-41(20-18-40)28-14-12-26(13-15-28)37-34-35-22-30(32(43)38-31-23(2)8-6-9-24(31)3)33(39-34)44-29-11-7-10-27(21-29)36-25(4)42/h6-15,21-22H,5,16-20H2,1-4H3,(H,36,42)(H,38,43)(H,35,37,39). The first-order chi connectivity index (χ1) is 21.3. The van der Waals surface area contributed by atoms with Gasteiger partial charge in [0.05, 0.1) is 0 Å². The number of aromatic nitrogens is 2. The maximum absolute atomic E-state index is 13.5. The normalized spacial score (nSPS) is 13.3. The van der Waals surface area contributed by atoms with Gasteiger partial charge < -0.3 is 25.6 Å². The van der Waals surface area contributed by atoms with E-state index in [9.17, 15) is 9.59 Å². The number of benzene rings is 3. The van der Waals surface area contributed by atoms with Crippen molar-refractivity contribution >= 4 is 40.5 Å². The molecule has 0 radical (unpaired) electrons. The van der Waals surface area contributed by atoms with E-state index in [-0.39, 0.29) is 23.3 Å². The Balaban J connectivity index is 1.37. The Morgan fingerprint density at radius 3 is 2.27 bits per heavy atom. The molecule has 0 unspecified atom stereocenters. The van der Waals surface area contributed by atoms with E-state index in [1.54, 1.807) is 24.3 Å². The summed E-state index contributed by atoms with van der Waals surface area (Å²) in [4.78, 5) is 39.0. The van der Waals surface area contributed by atoms with Gasteiger partial charge in [0.1, 0.15) is 11.3 Å². The maximum atomic E-state index is 13.5. The summed E-state index contributed by atoms with van der Waals surface area (Å²) in [6, 6.07) is 20.9. The molecular weight excluding hydrogens is 554 g/mol. The van der Waals surface area contributed by atoms with Crippen molar-refractivity contribution in [3.8, 4) is 11.6 Å². The molecule has 1 saturated heterocycles. The molecule has 0 aliphatic carbocycles.